The van der Waals surface area contributed by atoms with Crippen LogP contribution in [-0.4, -0.2) is 50.5 Å². The third kappa shape index (κ3) is 5.07. The van der Waals surface area contributed by atoms with Crippen molar-refractivity contribution in [3.8, 4) is 0 Å². The van der Waals surface area contributed by atoms with Gasteiger partial charge in [-0.3, -0.25) is 4.98 Å². The molecule has 1 atom stereocenters. The molecule has 0 unspecified atom stereocenters. The van der Waals surface area contributed by atoms with E-state index in [0.717, 1.165) is 47.4 Å². The van der Waals surface area contributed by atoms with Gasteiger partial charge in [-0.1, -0.05) is 36.4 Å². The molecule has 0 radical (unpaired) electrons. The van der Waals surface area contributed by atoms with E-state index in [1.165, 1.54) is 0 Å². The van der Waals surface area contributed by atoms with Crippen LogP contribution < -0.4 is 15.8 Å². The summed E-state index contributed by atoms with van der Waals surface area (Å²) in [5.41, 5.74) is 3.17. The highest BCUT2D eigenvalue weighted by Crippen LogP contribution is 2.31. The molecule has 1 aliphatic rings. The van der Waals surface area contributed by atoms with Crippen LogP contribution in [0.4, 0.5) is 10.5 Å². The standard InChI is InChI=1S/C23H27N5O3S/c1-16-14-21(19-7-2-4-8-20(19)26-16)27-23(29)25-11-13-28-12-10-17(15-28)18-6-3-5-9-22(18)32(24,30)31/h2-9,14,17H,10-13,15H2,1H3,(H2,24,30,31)(H2,25,26,27,29)/t17-/m0/s1. The van der Waals surface area contributed by atoms with Crippen LogP contribution in [0.5, 0.6) is 0 Å². The zero-order valence-corrected chi connectivity index (χ0v) is 18.7. The fraction of sp³-hybridized carbons (Fsp3) is 0.304. The third-order valence-electron chi connectivity index (χ3n) is 5.74. The van der Waals surface area contributed by atoms with Gasteiger partial charge in [0.25, 0.3) is 0 Å². The number of sulfonamides is 1. The van der Waals surface area contributed by atoms with Gasteiger partial charge in [-0.15, -0.1) is 0 Å². The van der Waals surface area contributed by atoms with E-state index in [1.807, 2.05) is 49.4 Å². The quantitative estimate of drug-likeness (QED) is 0.531. The van der Waals surface area contributed by atoms with E-state index in [9.17, 15) is 13.2 Å². The van der Waals surface area contributed by atoms with Gasteiger partial charge in [0, 0.05) is 30.7 Å². The number of hydrogen-bond donors (Lipinski definition) is 3. The Balaban J connectivity index is 1.31. The van der Waals surface area contributed by atoms with Gasteiger partial charge in [0.1, 0.15) is 0 Å². The number of aromatic nitrogens is 1. The summed E-state index contributed by atoms with van der Waals surface area (Å²) in [6, 6.07) is 16.2. The molecule has 4 N–H and O–H groups in total. The number of nitrogens with two attached hydrogens (primary N) is 1. The monoisotopic (exact) mass is 453 g/mol. The van der Waals surface area contributed by atoms with Gasteiger partial charge in [0.05, 0.1) is 16.1 Å². The normalized spacial score (nSPS) is 16.9. The molecule has 0 saturated carbocycles. The highest BCUT2D eigenvalue weighted by Gasteiger charge is 2.27. The van der Waals surface area contributed by atoms with Gasteiger partial charge < -0.3 is 15.5 Å². The molecule has 0 spiro atoms. The molecule has 2 amide bonds. The molecule has 4 rings (SSSR count). The molecular formula is C23H27N5O3S. The van der Waals surface area contributed by atoms with Gasteiger partial charge in [-0.2, -0.15) is 0 Å². The van der Waals surface area contributed by atoms with Crippen molar-refractivity contribution in [1.29, 1.82) is 0 Å². The number of para-hydroxylation sites is 1. The number of anilines is 1. The first kappa shape index (κ1) is 22.2. The second-order valence-electron chi connectivity index (χ2n) is 8.08. The van der Waals surface area contributed by atoms with Crippen LogP contribution in [-0.2, 0) is 10.0 Å². The van der Waals surface area contributed by atoms with E-state index in [0.29, 0.717) is 13.1 Å². The summed E-state index contributed by atoms with van der Waals surface area (Å²) in [6.45, 7) is 4.62. The second-order valence-corrected chi connectivity index (χ2v) is 9.61. The number of benzene rings is 2. The van der Waals surface area contributed by atoms with Crippen LogP contribution in [0.3, 0.4) is 0 Å². The minimum atomic E-state index is -3.75. The van der Waals surface area contributed by atoms with Crippen molar-refractivity contribution in [3.05, 3.63) is 65.9 Å². The molecular weight excluding hydrogens is 426 g/mol. The summed E-state index contributed by atoms with van der Waals surface area (Å²) in [5.74, 6) is 0.101. The zero-order chi connectivity index (χ0) is 22.7. The predicted octanol–water partition coefficient (Wildman–Crippen LogP) is 2.80. The number of rotatable bonds is 6. The largest absolute Gasteiger partial charge is 0.337 e. The number of carbonyl (C=O) groups is 1. The Morgan fingerprint density at radius 3 is 2.75 bits per heavy atom. The Hall–Kier alpha value is -3.01. The Labute approximate surface area is 187 Å². The smallest absolute Gasteiger partial charge is 0.319 e. The lowest BCUT2D eigenvalue weighted by Gasteiger charge is -2.18. The first-order chi connectivity index (χ1) is 15.3. The molecule has 0 aliphatic carbocycles. The number of amides is 2. The van der Waals surface area contributed by atoms with E-state index in [4.69, 9.17) is 5.14 Å². The fourth-order valence-electron chi connectivity index (χ4n) is 4.27. The summed E-state index contributed by atoms with van der Waals surface area (Å²) < 4.78 is 23.8. The Kier molecular flexibility index (Phi) is 6.40. The van der Waals surface area contributed by atoms with Crippen LogP contribution in [0, 0.1) is 6.92 Å². The number of pyridine rings is 1. The molecule has 2 aromatic carbocycles. The number of primary sulfonamides is 1. The molecule has 168 valence electrons. The summed E-state index contributed by atoms with van der Waals surface area (Å²) in [5, 5.41) is 12.1. The van der Waals surface area contributed by atoms with Crippen molar-refractivity contribution in [1.82, 2.24) is 15.2 Å². The molecule has 9 heteroatoms. The predicted molar refractivity (Wildman–Crippen MR) is 125 cm³/mol. The maximum absolute atomic E-state index is 12.4. The van der Waals surface area contributed by atoms with Gasteiger partial charge in [0.2, 0.25) is 10.0 Å². The minimum absolute atomic E-state index is 0.101. The number of carbonyl (C=O) groups excluding carboxylic acids is 1. The van der Waals surface area contributed by atoms with Gasteiger partial charge in [-0.25, -0.2) is 18.4 Å². The Morgan fingerprint density at radius 2 is 1.94 bits per heavy atom. The molecule has 1 fully saturated rings. The average molecular weight is 454 g/mol. The highest BCUT2D eigenvalue weighted by atomic mass is 32.2. The number of nitrogens with one attached hydrogen (secondary N) is 2. The lowest BCUT2D eigenvalue weighted by Crippen LogP contribution is -2.36. The molecule has 2 heterocycles. The summed E-state index contributed by atoms with van der Waals surface area (Å²) in [4.78, 5) is 19.3. The van der Waals surface area contributed by atoms with Crippen molar-refractivity contribution in [2.24, 2.45) is 5.14 Å². The van der Waals surface area contributed by atoms with Crippen molar-refractivity contribution in [3.63, 3.8) is 0 Å². The van der Waals surface area contributed by atoms with E-state index in [1.54, 1.807) is 12.1 Å². The third-order valence-corrected chi connectivity index (χ3v) is 6.73. The van der Waals surface area contributed by atoms with Crippen LogP contribution in [0.2, 0.25) is 0 Å². The number of aryl methyl sites for hydroxylation is 1. The average Bonchev–Trinajstić information content (AvgIpc) is 3.22. The Morgan fingerprint density at radius 1 is 1.19 bits per heavy atom. The van der Waals surface area contributed by atoms with Crippen molar-refractivity contribution < 1.29 is 13.2 Å². The SMILES string of the molecule is Cc1cc(NC(=O)NCCN2CC[C@H](c3ccccc3S(N)(=O)=O)C2)c2ccccc2n1. The van der Waals surface area contributed by atoms with E-state index >= 15 is 0 Å². The Bertz CT molecular complexity index is 1250. The van der Waals surface area contributed by atoms with Crippen molar-refractivity contribution in [2.75, 3.05) is 31.5 Å². The van der Waals surface area contributed by atoms with Crippen LogP contribution >= 0.6 is 0 Å². The summed E-state index contributed by atoms with van der Waals surface area (Å²) in [7, 11) is -3.75. The van der Waals surface area contributed by atoms with Crippen LogP contribution in [0.25, 0.3) is 10.9 Å². The summed E-state index contributed by atoms with van der Waals surface area (Å²) in [6.07, 6.45) is 0.848. The number of hydrogen-bond acceptors (Lipinski definition) is 5. The van der Waals surface area contributed by atoms with Crippen LogP contribution in [0.15, 0.2) is 59.5 Å². The molecule has 8 nitrogen and oxygen atoms in total. The molecule has 3 aromatic rings. The number of urea groups is 1. The summed E-state index contributed by atoms with van der Waals surface area (Å²) >= 11 is 0. The highest BCUT2D eigenvalue weighted by molar-refractivity contribution is 7.89. The van der Waals surface area contributed by atoms with E-state index in [2.05, 4.69) is 20.5 Å². The first-order valence-electron chi connectivity index (χ1n) is 10.6. The maximum atomic E-state index is 12.4. The van der Waals surface area contributed by atoms with Crippen molar-refractivity contribution in [2.45, 2.75) is 24.2 Å². The van der Waals surface area contributed by atoms with E-state index < -0.39 is 10.0 Å². The van der Waals surface area contributed by atoms with Crippen molar-refractivity contribution >= 4 is 32.6 Å². The zero-order valence-electron chi connectivity index (χ0n) is 17.9. The number of likely N-dealkylation sites (tertiary alicyclic amines) is 1. The van der Waals surface area contributed by atoms with Gasteiger partial charge in [-0.05, 0) is 49.6 Å². The molecule has 32 heavy (non-hydrogen) atoms. The van der Waals surface area contributed by atoms with E-state index in [-0.39, 0.29) is 16.8 Å². The molecule has 1 saturated heterocycles. The number of nitrogens with zero attached hydrogens (tertiary/aromatic N) is 2. The number of fused-ring (bicyclic) bond motifs is 1. The lowest BCUT2D eigenvalue weighted by atomic mass is 9.98. The maximum Gasteiger partial charge on any atom is 0.319 e. The van der Waals surface area contributed by atoms with Gasteiger partial charge >= 0.3 is 6.03 Å². The first-order valence-corrected chi connectivity index (χ1v) is 12.1. The minimum Gasteiger partial charge on any atom is -0.337 e. The lowest BCUT2D eigenvalue weighted by molar-refractivity contribution is 0.249. The fourth-order valence-corrected chi connectivity index (χ4v) is 5.10. The molecule has 1 aliphatic heterocycles. The van der Waals surface area contributed by atoms with Crippen LogP contribution in [0.1, 0.15) is 23.6 Å². The molecule has 1 aromatic heterocycles. The second kappa shape index (κ2) is 9.23. The molecule has 0 bridgehead atoms. The topological polar surface area (TPSA) is 117 Å². The van der Waals surface area contributed by atoms with Gasteiger partial charge in [0.15, 0.2) is 0 Å².